The molecule has 0 N–H and O–H groups in total. The summed E-state index contributed by atoms with van der Waals surface area (Å²) < 4.78 is 16.4. The first-order valence-corrected chi connectivity index (χ1v) is 8.29. The predicted octanol–water partition coefficient (Wildman–Crippen LogP) is 3.69. The Kier molecular flexibility index (Phi) is 6.52. The van der Waals surface area contributed by atoms with Crippen molar-refractivity contribution in [2.24, 2.45) is 0 Å². The van der Waals surface area contributed by atoms with Crippen LogP contribution in [0.2, 0.25) is 0 Å². The number of hydrogen-bond acceptors (Lipinski definition) is 6. The minimum absolute atomic E-state index is 0.00637. The molecule has 2 atom stereocenters. The Morgan fingerprint density at radius 2 is 2.04 bits per heavy atom. The molecule has 0 spiro atoms. The molecule has 0 aliphatic carbocycles. The second kappa shape index (κ2) is 8.62. The van der Waals surface area contributed by atoms with E-state index in [2.05, 4.69) is 6.92 Å². The van der Waals surface area contributed by atoms with E-state index < -0.39 is 17.2 Å². The number of hydrogen-bond donors (Lipinski definition) is 0. The number of benzene rings is 1. The summed E-state index contributed by atoms with van der Waals surface area (Å²) in [6.07, 6.45) is 1.93. The molecule has 136 valence electrons. The van der Waals surface area contributed by atoms with Crippen molar-refractivity contribution in [2.75, 3.05) is 13.7 Å². The van der Waals surface area contributed by atoms with Gasteiger partial charge >= 0.3 is 5.97 Å². The molecular formula is C18H23NO6. The standard InChI is InChI=1S/C18H23NO6/c1-4-5-10-24-16-11-15(17(12(2)25-16)18(20)23-3)13-6-8-14(9-7-13)19(21)22/h6-9,15-16H,4-5,10-11H2,1-3H3/t15-,16-/m0/s1. The first-order chi connectivity index (χ1) is 12.0. The second-order valence-corrected chi connectivity index (χ2v) is 5.87. The maximum Gasteiger partial charge on any atom is 0.337 e. The highest BCUT2D eigenvalue weighted by molar-refractivity contribution is 5.91. The minimum atomic E-state index is -0.465. The third-order valence-corrected chi connectivity index (χ3v) is 4.18. The van der Waals surface area contributed by atoms with Gasteiger partial charge in [0.25, 0.3) is 5.69 Å². The van der Waals surface area contributed by atoms with Gasteiger partial charge < -0.3 is 14.2 Å². The molecule has 7 nitrogen and oxygen atoms in total. The first-order valence-electron chi connectivity index (χ1n) is 8.29. The third-order valence-electron chi connectivity index (χ3n) is 4.18. The van der Waals surface area contributed by atoms with Crippen LogP contribution in [-0.2, 0) is 19.0 Å². The lowest BCUT2D eigenvalue weighted by molar-refractivity contribution is -0.384. The molecule has 0 saturated carbocycles. The average Bonchev–Trinajstić information content (AvgIpc) is 2.61. The van der Waals surface area contributed by atoms with Crippen molar-refractivity contribution in [3.8, 4) is 0 Å². The molecule has 0 radical (unpaired) electrons. The largest absolute Gasteiger partial charge is 0.469 e. The molecular weight excluding hydrogens is 326 g/mol. The molecule has 0 aromatic heterocycles. The van der Waals surface area contributed by atoms with Crippen molar-refractivity contribution >= 4 is 11.7 Å². The smallest absolute Gasteiger partial charge is 0.337 e. The van der Waals surface area contributed by atoms with Crippen LogP contribution in [0.4, 0.5) is 5.69 Å². The Balaban J connectivity index is 2.30. The summed E-state index contributed by atoms with van der Waals surface area (Å²) in [4.78, 5) is 22.6. The SMILES string of the molecule is CCCCO[C@@H]1C[C@@H](c2ccc([N+](=O)[O-])cc2)C(C(=O)OC)=C(C)O1. The first kappa shape index (κ1) is 18.9. The number of rotatable bonds is 7. The van der Waals surface area contributed by atoms with Gasteiger partial charge in [-0.2, -0.15) is 0 Å². The van der Waals surface area contributed by atoms with Crippen LogP contribution in [0.5, 0.6) is 0 Å². The maximum absolute atomic E-state index is 12.2. The van der Waals surface area contributed by atoms with E-state index in [4.69, 9.17) is 14.2 Å². The fraction of sp³-hybridized carbons (Fsp3) is 0.500. The Morgan fingerprint density at radius 1 is 1.36 bits per heavy atom. The van der Waals surface area contributed by atoms with E-state index in [1.165, 1.54) is 19.2 Å². The number of ether oxygens (including phenoxy) is 3. The molecule has 0 bridgehead atoms. The molecule has 0 unspecified atom stereocenters. The highest BCUT2D eigenvalue weighted by Crippen LogP contribution is 2.38. The number of non-ortho nitro benzene ring substituents is 1. The summed E-state index contributed by atoms with van der Waals surface area (Å²) in [5.41, 5.74) is 1.22. The van der Waals surface area contributed by atoms with Crippen molar-refractivity contribution in [1.82, 2.24) is 0 Å². The summed E-state index contributed by atoms with van der Waals surface area (Å²) in [6.45, 7) is 4.36. The summed E-state index contributed by atoms with van der Waals surface area (Å²) in [5.74, 6) is -0.301. The van der Waals surface area contributed by atoms with Gasteiger partial charge in [0.1, 0.15) is 5.76 Å². The maximum atomic E-state index is 12.2. The lowest BCUT2D eigenvalue weighted by atomic mass is 9.85. The lowest BCUT2D eigenvalue weighted by Gasteiger charge is -2.32. The number of carbonyl (C=O) groups is 1. The van der Waals surface area contributed by atoms with Gasteiger partial charge in [-0.3, -0.25) is 10.1 Å². The zero-order valence-electron chi connectivity index (χ0n) is 14.7. The van der Waals surface area contributed by atoms with Crippen molar-refractivity contribution in [1.29, 1.82) is 0 Å². The highest BCUT2D eigenvalue weighted by Gasteiger charge is 2.35. The number of nitrogens with zero attached hydrogens (tertiary/aromatic N) is 1. The quantitative estimate of drug-likeness (QED) is 0.323. The summed E-state index contributed by atoms with van der Waals surface area (Å²) >= 11 is 0. The molecule has 7 heteroatoms. The van der Waals surface area contributed by atoms with Crippen molar-refractivity contribution < 1.29 is 23.9 Å². The molecule has 0 fully saturated rings. The number of allylic oxidation sites excluding steroid dienone is 1. The van der Waals surface area contributed by atoms with Gasteiger partial charge in [-0.1, -0.05) is 25.5 Å². The molecule has 1 aromatic carbocycles. The summed E-state index contributed by atoms with van der Waals surface area (Å²) in [5, 5.41) is 10.8. The Morgan fingerprint density at radius 3 is 2.60 bits per heavy atom. The molecule has 2 rings (SSSR count). The van der Waals surface area contributed by atoms with Crippen LogP contribution in [0.25, 0.3) is 0 Å². The van der Waals surface area contributed by atoms with Crippen LogP contribution >= 0.6 is 0 Å². The molecule has 1 aliphatic rings. The van der Waals surface area contributed by atoms with Crippen LogP contribution in [0, 0.1) is 10.1 Å². The summed E-state index contributed by atoms with van der Waals surface area (Å²) in [6, 6.07) is 6.19. The predicted molar refractivity (Wildman–Crippen MR) is 90.9 cm³/mol. The van der Waals surface area contributed by atoms with E-state index in [0.717, 1.165) is 18.4 Å². The van der Waals surface area contributed by atoms with Gasteiger partial charge in [0.15, 0.2) is 6.29 Å². The van der Waals surface area contributed by atoms with Gasteiger partial charge in [-0.05, 0) is 18.9 Å². The van der Waals surface area contributed by atoms with Crippen molar-refractivity contribution in [3.63, 3.8) is 0 Å². The minimum Gasteiger partial charge on any atom is -0.469 e. The zero-order chi connectivity index (χ0) is 18.4. The van der Waals surface area contributed by atoms with Crippen LogP contribution in [0.1, 0.15) is 44.6 Å². The fourth-order valence-electron chi connectivity index (χ4n) is 2.85. The number of methoxy groups -OCH3 is 1. The van der Waals surface area contributed by atoms with E-state index in [1.54, 1.807) is 19.1 Å². The van der Waals surface area contributed by atoms with Crippen molar-refractivity contribution in [3.05, 3.63) is 51.3 Å². The van der Waals surface area contributed by atoms with Gasteiger partial charge in [0.05, 0.1) is 24.2 Å². The van der Waals surface area contributed by atoms with Crippen LogP contribution < -0.4 is 0 Å². The second-order valence-electron chi connectivity index (χ2n) is 5.87. The normalized spacial score (nSPS) is 20.1. The van der Waals surface area contributed by atoms with E-state index in [9.17, 15) is 14.9 Å². The van der Waals surface area contributed by atoms with E-state index in [-0.39, 0.29) is 11.6 Å². The number of esters is 1. The van der Waals surface area contributed by atoms with E-state index in [0.29, 0.717) is 24.4 Å². The van der Waals surface area contributed by atoms with Crippen LogP contribution in [0.3, 0.4) is 0 Å². The number of nitro benzene ring substituents is 1. The molecule has 0 amide bonds. The highest BCUT2D eigenvalue weighted by atomic mass is 16.7. The zero-order valence-corrected chi connectivity index (χ0v) is 14.7. The van der Waals surface area contributed by atoms with Gasteiger partial charge in [-0.25, -0.2) is 4.79 Å². The Labute approximate surface area is 146 Å². The van der Waals surface area contributed by atoms with Gasteiger partial charge in [-0.15, -0.1) is 0 Å². The number of nitro groups is 1. The van der Waals surface area contributed by atoms with Crippen LogP contribution in [-0.4, -0.2) is 30.9 Å². The van der Waals surface area contributed by atoms with E-state index in [1.807, 2.05) is 0 Å². The molecule has 1 aromatic rings. The average molecular weight is 349 g/mol. The molecule has 1 heterocycles. The number of unbranched alkanes of at least 4 members (excludes halogenated alkanes) is 1. The number of carbonyl (C=O) groups excluding carboxylic acids is 1. The molecule has 1 aliphatic heterocycles. The topological polar surface area (TPSA) is 87.9 Å². The van der Waals surface area contributed by atoms with Gasteiger partial charge in [0, 0.05) is 24.5 Å². The third kappa shape index (κ3) is 4.57. The lowest BCUT2D eigenvalue weighted by Crippen LogP contribution is -2.30. The Bertz CT molecular complexity index is 652. The Hall–Kier alpha value is -2.41. The fourth-order valence-corrected chi connectivity index (χ4v) is 2.85. The molecule has 25 heavy (non-hydrogen) atoms. The van der Waals surface area contributed by atoms with Gasteiger partial charge in [0.2, 0.25) is 0 Å². The summed E-state index contributed by atoms with van der Waals surface area (Å²) in [7, 11) is 1.32. The molecule has 0 saturated heterocycles. The monoisotopic (exact) mass is 349 g/mol. The van der Waals surface area contributed by atoms with E-state index >= 15 is 0 Å². The van der Waals surface area contributed by atoms with Crippen molar-refractivity contribution in [2.45, 2.75) is 45.3 Å². The van der Waals surface area contributed by atoms with Crippen LogP contribution in [0.15, 0.2) is 35.6 Å².